The Hall–Kier alpha value is -0.470. The lowest BCUT2D eigenvalue weighted by Crippen LogP contribution is -2.27. The normalized spacial score (nSPS) is 16.6. The van der Waals surface area contributed by atoms with Gasteiger partial charge in [-0.2, -0.15) is 12.6 Å². The summed E-state index contributed by atoms with van der Waals surface area (Å²) in [6.07, 6.45) is 4.03. The van der Waals surface area contributed by atoms with E-state index in [0.717, 1.165) is 11.7 Å². The van der Waals surface area contributed by atoms with Crippen LogP contribution in [0.1, 0.15) is 19.3 Å². The fourth-order valence-corrected chi connectivity index (χ4v) is 2.10. The lowest BCUT2D eigenvalue weighted by molar-refractivity contribution is 0.367. The molecule has 1 nitrogen and oxygen atoms in total. The summed E-state index contributed by atoms with van der Waals surface area (Å²) in [6.45, 7) is 2.44. The molecule has 0 amide bonds. The van der Waals surface area contributed by atoms with Crippen LogP contribution in [-0.4, -0.2) is 18.8 Å². The topological polar surface area (TPSA) is 12.0 Å². The van der Waals surface area contributed by atoms with Crippen molar-refractivity contribution < 1.29 is 0 Å². The van der Waals surface area contributed by atoms with E-state index in [4.69, 9.17) is 0 Å². The van der Waals surface area contributed by atoms with Crippen molar-refractivity contribution in [3.63, 3.8) is 0 Å². The van der Waals surface area contributed by atoms with E-state index in [1.807, 2.05) is 36.4 Å². The molecule has 2 rings (SSSR count). The number of piperidine rings is 1. The molecule has 2 heteroatoms. The number of hydrogen-bond acceptors (Lipinski definition) is 2. The molecule has 0 atom stereocenters. The molecule has 0 unspecified atom stereocenters. The standard InChI is InChI=1S/C7H15NS.C6H6/c9-6-3-7-1-4-8-5-2-7;1-2-4-6-5-3-1/h7-9H,1-6H2;1-6H. The minimum absolute atomic E-state index is 0.962. The van der Waals surface area contributed by atoms with E-state index in [-0.39, 0.29) is 0 Å². The molecule has 0 saturated carbocycles. The average molecular weight is 223 g/mol. The molecule has 1 fully saturated rings. The molecule has 1 N–H and O–H groups in total. The highest BCUT2D eigenvalue weighted by molar-refractivity contribution is 7.80. The highest BCUT2D eigenvalue weighted by Crippen LogP contribution is 2.15. The van der Waals surface area contributed by atoms with Crippen molar-refractivity contribution in [3.8, 4) is 0 Å². The zero-order valence-corrected chi connectivity index (χ0v) is 10.1. The number of benzene rings is 1. The highest BCUT2D eigenvalue weighted by Gasteiger charge is 2.10. The van der Waals surface area contributed by atoms with Crippen LogP contribution in [0, 0.1) is 5.92 Å². The maximum atomic E-state index is 4.21. The maximum absolute atomic E-state index is 4.21. The smallest absolute Gasteiger partial charge is 0.00463 e. The summed E-state index contributed by atoms with van der Waals surface area (Å²) in [6, 6.07) is 12.0. The van der Waals surface area contributed by atoms with Crippen molar-refractivity contribution >= 4 is 12.6 Å². The van der Waals surface area contributed by atoms with Gasteiger partial charge in [0.15, 0.2) is 0 Å². The van der Waals surface area contributed by atoms with Crippen molar-refractivity contribution in [3.05, 3.63) is 36.4 Å². The first-order valence-corrected chi connectivity index (χ1v) is 6.38. The molecule has 1 aromatic rings. The van der Waals surface area contributed by atoms with Gasteiger partial charge in [0.2, 0.25) is 0 Å². The van der Waals surface area contributed by atoms with Crippen molar-refractivity contribution in [2.45, 2.75) is 19.3 Å². The van der Waals surface area contributed by atoms with E-state index in [0.29, 0.717) is 0 Å². The summed E-state index contributed by atoms with van der Waals surface area (Å²) in [5, 5.41) is 3.35. The van der Waals surface area contributed by atoms with Gasteiger partial charge in [-0.1, -0.05) is 36.4 Å². The molecule has 15 heavy (non-hydrogen) atoms. The van der Waals surface area contributed by atoms with Gasteiger partial charge in [0, 0.05) is 0 Å². The van der Waals surface area contributed by atoms with Crippen LogP contribution >= 0.6 is 12.6 Å². The lowest BCUT2D eigenvalue weighted by Gasteiger charge is -2.21. The largest absolute Gasteiger partial charge is 0.317 e. The van der Waals surface area contributed by atoms with Gasteiger partial charge in [0.1, 0.15) is 0 Å². The maximum Gasteiger partial charge on any atom is -0.00463 e. The summed E-state index contributed by atoms with van der Waals surface area (Å²) >= 11 is 4.21. The Labute approximate surface area is 98.7 Å². The van der Waals surface area contributed by atoms with Gasteiger partial charge >= 0.3 is 0 Å². The molecule has 0 aliphatic carbocycles. The quantitative estimate of drug-likeness (QED) is 0.735. The van der Waals surface area contributed by atoms with E-state index in [1.54, 1.807) is 0 Å². The zero-order chi connectivity index (χ0) is 10.8. The first kappa shape index (κ1) is 12.6. The highest BCUT2D eigenvalue weighted by atomic mass is 32.1. The minimum atomic E-state index is 0.962. The summed E-state index contributed by atoms with van der Waals surface area (Å²) in [5.74, 6) is 2.02. The molecular weight excluding hydrogens is 202 g/mol. The second-order valence-electron chi connectivity index (χ2n) is 3.86. The van der Waals surface area contributed by atoms with Crippen LogP contribution in [0.4, 0.5) is 0 Å². The average Bonchev–Trinajstić information content (AvgIpc) is 2.34. The molecule has 1 saturated heterocycles. The van der Waals surface area contributed by atoms with E-state index in [2.05, 4.69) is 17.9 Å². The molecule has 1 heterocycles. The van der Waals surface area contributed by atoms with E-state index in [1.165, 1.54) is 32.4 Å². The summed E-state index contributed by atoms with van der Waals surface area (Å²) in [4.78, 5) is 0. The molecule has 0 aromatic heterocycles. The fourth-order valence-electron chi connectivity index (χ4n) is 1.74. The van der Waals surface area contributed by atoms with Crippen molar-refractivity contribution in [1.82, 2.24) is 5.32 Å². The monoisotopic (exact) mass is 223 g/mol. The Morgan fingerprint density at radius 1 is 0.933 bits per heavy atom. The van der Waals surface area contributed by atoms with Crippen LogP contribution in [-0.2, 0) is 0 Å². The van der Waals surface area contributed by atoms with E-state index < -0.39 is 0 Å². The van der Waals surface area contributed by atoms with E-state index >= 15 is 0 Å². The summed E-state index contributed by atoms with van der Waals surface area (Å²) in [5.41, 5.74) is 0. The van der Waals surface area contributed by atoms with Crippen LogP contribution in [0.15, 0.2) is 36.4 Å². The van der Waals surface area contributed by atoms with Gasteiger partial charge in [-0.3, -0.25) is 0 Å². The van der Waals surface area contributed by atoms with Crippen molar-refractivity contribution in [2.75, 3.05) is 18.8 Å². The minimum Gasteiger partial charge on any atom is -0.317 e. The SMILES string of the molecule is SCCC1CCNCC1.c1ccccc1. The Kier molecular flexibility index (Phi) is 7.40. The van der Waals surface area contributed by atoms with Crippen molar-refractivity contribution in [1.29, 1.82) is 0 Å². The molecule has 1 aliphatic heterocycles. The Balaban J connectivity index is 0.000000162. The first-order valence-electron chi connectivity index (χ1n) is 5.75. The molecule has 84 valence electrons. The molecular formula is C13H21NS. The van der Waals surface area contributed by atoms with Crippen LogP contribution in [0.3, 0.4) is 0 Å². The van der Waals surface area contributed by atoms with Gasteiger partial charge < -0.3 is 5.32 Å². The van der Waals surface area contributed by atoms with Crippen LogP contribution < -0.4 is 5.32 Å². The zero-order valence-electron chi connectivity index (χ0n) is 9.23. The van der Waals surface area contributed by atoms with Gasteiger partial charge in [-0.05, 0) is 44.0 Å². The Morgan fingerprint density at radius 2 is 1.40 bits per heavy atom. The number of rotatable bonds is 2. The second kappa shape index (κ2) is 8.81. The lowest BCUT2D eigenvalue weighted by atomic mass is 9.96. The Morgan fingerprint density at radius 3 is 1.80 bits per heavy atom. The predicted octanol–water partition coefficient (Wildman–Crippen LogP) is 2.99. The molecule has 1 aromatic carbocycles. The third-order valence-electron chi connectivity index (χ3n) is 2.66. The molecule has 0 spiro atoms. The molecule has 1 aliphatic rings. The fraction of sp³-hybridized carbons (Fsp3) is 0.538. The third kappa shape index (κ3) is 6.58. The van der Waals surface area contributed by atoms with Gasteiger partial charge in [-0.15, -0.1) is 0 Å². The predicted molar refractivity (Wildman–Crippen MR) is 70.5 cm³/mol. The van der Waals surface area contributed by atoms with Crippen LogP contribution in [0.2, 0.25) is 0 Å². The number of hydrogen-bond donors (Lipinski definition) is 2. The second-order valence-corrected chi connectivity index (χ2v) is 4.31. The summed E-state index contributed by atoms with van der Waals surface area (Å²) in [7, 11) is 0. The van der Waals surface area contributed by atoms with E-state index in [9.17, 15) is 0 Å². The number of thiol groups is 1. The van der Waals surface area contributed by atoms with Crippen LogP contribution in [0.25, 0.3) is 0 Å². The van der Waals surface area contributed by atoms with Crippen molar-refractivity contribution in [2.24, 2.45) is 5.92 Å². The first-order chi connectivity index (χ1) is 7.43. The third-order valence-corrected chi connectivity index (χ3v) is 2.92. The van der Waals surface area contributed by atoms with Gasteiger partial charge in [0.25, 0.3) is 0 Å². The van der Waals surface area contributed by atoms with Crippen LogP contribution in [0.5, 0.6) is 0 Å². The summed E-state index contributed by atoms with van der Waals surface area (Å²) < 4.78 is 0. The number of nitrogens with one attached hydrogen (secondary N) is 1. The molecule has 0 radical (unpaired) electrons. The van der Waals surface area contributed by atoms with Gasteiger partial charge in [0.05, 0.1) is 0 Å². The Bertz CT molecular complexity index is 190. The molecule has 0 bridgehead atoms. The van der Waals surface area contributed by atoms with Gasteiger partial charge in [-0.25, -0.2) is 0 Å².